The van der Waals surface area contributed by atoms with Crippen molar-refractivity contribution >= 4 is 23.5 Å². The Labute approximate surface area is 186 Å². The number of hydrogen-bond acceptors (Lipinski definition) is 4. The molecule has 6 heteroatoms. The lowest BCUT2D eigenvalue weighted by molar-refractivity contribution is -0.133. The van der Waals surface area contributed by atoms with Gasteiger partial charge in [0, 0.05) is 30.4 Å². The Morgan fingerprint density at radius 2 is 2.00 bits per heavy atom. The van der Waals surface area contributed by atoms with Crippen molar-refractivity contribution in [1.29, 1.82) is 0 Å². The standard InChI is InChI=1S/C25H23ClN4O/c1-30-23(31)25(29-24(30)27)20(12-16-4-3-11-28-15-16)10-9-17-7-8-19(14-22(17)25)18-5-2-6-21(26)13-18/h2-8,11,13-15,20H,9-10,12H2,1H3,(H2,27,29)/t20?,25-/m0/s1. The number of aliphatic imine (C=N–C) groups is 1. The van der Waals surface area contributed by atoms with Crippen molar-refractivity contribution in [3.63, 3.8) is 0 Å². The quantitative estimate of drug-likeness (QED) is 0.677. The molecule has 2 aromatic carbocycles. The van der Waals surface area contributed by atoms with Crippen LogP contribution in [0.3, 0.4) is 0 Å². The van der Waals surface area contributed by atoms with Crippen molar-refractivity contribution in [2.75, 3.05) is 7.05 Å². The fourth-order valence-electron chi connectivity index (χ4n) is 4.91. The third kappa shape index (κ3) is 3.20. The van der Waals surface area contributed by atoms with E-state index in [0.717, 1.165) is 40.7 Å². The second-order valence-electron chi connectivity index (χ2n) is 8.28. The van der Waals surface area contributed by atoms with Crippen LogP contribution in [-0.4, -0.2) is 28.8 Å². The lowest BCUT2D eigenvalue weighted by atomic mass is 9.66. The average Bonchev–Trinajstić information content (AvgIpc) is 3.01. The second-order valence-corrected chi connectivity index (χ2v) is 8.72. The topological polar surface area (TPSA) is 71.6 Å². The van der Waals surface area contributed by atoms with Gasteiger partial charge < -0.3 is 5.73 Å². The van der Waals surface area contributed by atoms with Gasteiger partial charge in [-0.05, 0) is 71.3 Å². The summed E-state index contributed by atoms with van der Waals surface area (Å²) in [5.41, 5.74) is 10.4. The fraction of sp³-hybridized carbons (Fsp3) is 0.240. The van der Waals surface area contributed by atoms with Gasteiger partial charge in [0.2, 0.25) is 0 Å². The van der Waals surface area contributed by atoms with E-state index >= 15 is 0 Å². The Balaban J connectivity index is 1.67. The fourth-order valence-corrected chi connectivity index (χ4v) is 5.10. The van der Waals surface area contributed by atoms with Crippen LogP contribution >= 0.6 is 11.6 Å². The molecule has 1 aromatic heterocycles. The highest BCUT2D eigenvalue weighted by Crippen LogP contribution is 2.48. The molecule has 0 saturated heterocycles. The Kier molecular flexibility index (Phi) is 4.78. The molecule has 1 unspecified atom stereocenters. The van der Waals surface area contributed by atoms with Gasteiger partial charge in [-0.3, -0.25) is 14.7 Å². The van der Waals surface area contributed by atoms with E-state index in [0.29, 0.717) is 11.4 Å². The largest absolute Gasteiger partial charge is 0.369 e. The van der Waals surface area contributed by atoms with Gasteiger partial charge in [-0.2, -0.15) is 0 Å². The van der Waals surface area contributed by atoms with Gasteiger partial charge in [0.1, 0.15) is 0 Å². The lowest BCUT2D eigenvalue weighted by Gasteiger charge is -2.39. The molecule has 5 rings (SSSR count). The molecule has 2 atom stereocenters. The van der Waals surface area contributed by atoms with Crippen LogP contribution in [0.15, 0.2) is 72.0 Å². The van der Waals surface area contributed by atoms with Gasteiger partial charge >= 0.3 is 0 Å². The van der Waals surface area contributed by atoms with Crippen LogP contribution in [0.1, 0.15) is 23.1 Å². The molecular weight excluding hydrogens is 408 g/mol. The number of aromatic nitrogens is 1. The molecule has 2 aliphatic rings. The average molecular weight is 431 g/mol. The van der Waals surface area contributed by atoms with Crippen LogP contribution in [0.5, 0.6) is 0 Å². The number of carbonyl (C=O) groups excluding carboxylic acids is 1. The summed E-state index contributed by atoms with van der Waals surface area (Å²) in [6.45, 7) is 0. The minimum absolute atomic E-state index is 0.00480. The molecule has 3 aromatic rings. The van der Waals surface area contributed by atoms with E-state index in [1.54, 1.807) is 13.2 Å². The molecule has 1 aliphatic heterocycles. The van der Waals surface area contributed by atoms with Crippen LogP contribution < -0.4 is 5.73 Å². The molecule has 1 aliphatic carbocycles. The monoisotopic (exact) mass is 430 g/mol. The van der Waals surface area contributed by atoms with E-state index < -0.39 is 5.54 Å². The molecule has 156 valence electrons. The van der Waals surface area contributed by atoms with Crippen molar-refractivity contribution in [1.82, 2.24) is 9.88 Å². The summed E-state index contributed by atoms with van der Waals surface area (Å²) in [6.07, 6.45) is 6.09. The maximum absolute atomic E-state index is 13.7. The minimum Gasteiger partial charge on any atom is -0.369 e. The number of nitrogens with two attached hydrogens (primary N) is 1. The maximum atomic E-state index is 13.7. The van der Waals surface area contributed by atoms with E-state index in [-0.39, 0.29) is 17.8 Å². The number of likely N-dealkylation sites (N-methyl/N-ethyl adjacent to an activating group) is 1. The molecule has 0 saturated carbocycles. The summed E-state index contributed by atoms with van der Waals surface area (Å²) < 4.78 is 0. The molecule has 2 N–H and O–H groups in total. The smallest absolute Gasteiger partial charge is 0.261 e. The number of hydrogen-bond donors (Lipinski definition) is 1. The molecule has 5 nitrogen and oxygen atoms in total. The molecule has 0 radical (unpaired) electrons. The van der Waals surface area contributed by atoms with Gasteiger partial charge in [-0.1, -0.05) is 41.9 Å². The summed E-state index contributed by atoms with van der Waals surface area (Å²) in [7, 11) is 1.70. The first-order valence-corrected chi connectivity index (χ1v) is 10.8. The maximum Gasteiger partial charge on any atom is 0.261 e. The van der Waals surface area contributed by atoms with Crippen LogP contribution in [0.4, 0.5) is 0 Å². The third-order valence-corrected chi connectivity index (χ3v) is 6.74. The van der Waals surface area contributed by atoms with E-state index in [4.69, 9.17) is 22.3 Å². The SMILES string of the molecule is CN1C(=O)[C@@]2(N=C1N)c1cc(-c3cccc(Cl)c3)ccc1CCC2Cc1cccnc1. The number of fused-ring (bicyclic) bond motifs is 2. The number of rotatable bonds is 3. The van der Waals surface area contributed by atoms with Crippen LogP contribution in [0, 0.1) is 5.92 Å². The first-order chi connectivity index (χ1) is 15.0. The molecule has 0 fully saturated rings. The first-order valence-electron chi connectivity index (χ1n) is 10.4. The van der Waals surface area contributed by atoms with Gasteiger partial charge in [-0.25, -0.2) is 4.99 Å². The second kappa shape index (κ2) is 7.50. The van der Waals surface area contributed by atoms with E-state index in [1.807, 2.05) is 36.5 Å². The van der Waals surface area contributed by atoms with E-state index in [9.17, 15) is 4.79 Å². The van der Waals surface area contributed by atoms with Gasteiger partial charge in [0.15, 0.2) is 11.5 Å². The molecular formula is C25H23ClN4O. The number of nitrogens with zero attached hydrogens (tertiary/aromatic N) is 3. The van der Waals surface area contributed by atoms with Gasteiger partial charge in [-0.15, -0.1) is 0 Å². The first kappa shape index (κ1) is 19.8. The Hall–Kier alpha value is -3.18. The van der Waals surface area contributed by atoms with Gasteiger partial charge in [0.25, 0.3) is 5.91 Å². The van der Waals surface area contributed by atoms with Gasteiger partial charge in [0.05, 0.1) is 0 Å². The molecule has 2 heterocycles. The predicted octanol–water partition coefficient (Wildman–Crippen LogP) is 4.19. The predicted molar refractivity (Wildman–Crippen MR) is 123 cm³/mol. The van der Waals surface area contributed by atoms with Crippen LogP contribution in [0.25, 0.3) is 11.1 Å². The molecule has 1 spiro atoms. The summed E-state index contributed by atoms with van der Waals surface area (Å²) in [5, 5.41) is 0.679. The number of halogens is 1. The summed E-state index contributed by atoms with van der Waals surface area (Å²) >= 11 is 6.23. The highest BCUT2D eigenvalue weighted by atomic mass is 35.5. The highest BCUT2D eigenvalue weighted by molar-refractivity contribution is 6.30. The van der Waals surface area contributed by atoms with E-state index in [1.165, 1.54) is 4.90 Å². The van der Waals surface area contributed by atoms with Crippen molar-refractivity contribution in [2.24, 2.45) is 16.6 Å². The number of benzene rings is 2. The molecule has 31 heavy (non-hydrogen) atoms. The normalized spacial score (nSPS) is 22.5. The Morgan fingerprint density at radius 3 is 2.71 bits per heavy atom. The third-order valence-electron chi connectivity index (χ3n) is 6.50. The number of pyridine rings is 1. The highest BCUT2D eigenvalue weighted by Gasteiger charge is 2.55. The lowest BCUT2D eigenvalue weighted by Crippen LogP contribution is -2.48. The molecule has 1 amide bonds. The Morgan fingerprint density at radius 1 is 1.16 bits per heavy atom. The summed E-state index contributed by atoms with van der Waals surface area (Å²) in [4.78, 5) is 24.2. The Bertz CT molecular complexity index is 1190. The zero-order valence-electron chi connectivity index (χ0n) is 17.3. The summed E-state index contributed by atoms with van der Waals surface area (Å²) in [6, 6.07) is 18.0. The van der Waals surface area contributed by atoms with Crippen molar-refractivity contribution in [3.8, 4) is 11.1 Å². The summed E-state index contributed by atoms with van der Waals surface area (Å²) in [5.74, 6) is 0.195. The zero-order valence-corrected chi connectivity index (χ0v) is 18.0. The van der Waals surface area contributed by atoms with Crippen molar-refractivity contribution in [3.05, 3.63) is 88.7 Å². The number of aryl methyl sites for hydroxylation is 1. The zero-order chi connectivity index (χ0) is 21.6. The molecule has 0 bridgehead atoms. The van der Waals surface area contributed by atoms with Crippen LogP contribution in [0.2, 0.25) is 5.02 Å². The van der Waals surface area contributed by atoms with Crippen LogP contribution in [-0.2, 0) is 23.2 Å². The number of carbonyl (C=O) groups is 1. The number of guanidine groups is 1. The van der Waals surface area contributed by atoms with Crippen molar-refractivity contribution in [2.45, 2.75) is 24.8 Å². The van der Waals surface area contributed by atoms with Crippen molar-refractivity contribution < 1.29 is 4.79 Å². The van der Waals surface area contributed by atoms with E-state index in [2.05, 4.69) is 29.2 Å². The minimum atomic E-state index is -1.02. The number of amides is 1.